The molecule has 0 radical (unpaired) electrons. The molecular formula is C31H27ClN2O6S. The first-order chi connectivity index (χ1) is 19.9. The molecule has 1 fully saturated rings. The van der Waals surface area contributed by atoms with Crippen LogP contribution in [0.5, 0.6) is 17.2 Å². The number of rotatable bonds is 10. The summed E-state index contributed by atoms with van der Waals surface area (Å²) >= 11 is 7.30. The first kappa shape index (κ1) is 28.2. The SMILES string of the molecule is C=CCOc1ccc(C2C(=C(O)c3ccc(Cl)cc3)C(=O)C(=O)N2c2nc3ccc(OCC)cc3s2)cc1OCC. The monoisotopic (exact) mass is 590 g/mol. The van der Waals surface area contributed by atoms with Gasteiger partial charge in [-0.2, -0.15) is 0 Å². The van der Waals surface area contributed by atoms with Crippen LogP contribution < -0.4 is 19.1 Å². The fourth-order valence-electron chi connectivity index (χ4n) is 4.59. The molecule has 10 heteroatoms. The topological polar surface area (TPSA) is 98.2 Å². The van der Waals surface area contributed by atoms with E-state index in [1.807, 2.05) is 19.9 Å². The molecule has 2 heterocycles. The van der Waals surface area contributed by atoms with E-state index >= 15 is 0 Å². The summed E-state index contributed by atoms with van der Waals surface area (Å²) in [5.74, 6) is -0.380. The number of aliphatic hydroxyl groups excluding tert-OH is 1. The van der Waals surface area contributed by atoms with Crippen molar-refractivity contribution in [2.24, 2.45) is 0 Å². The Morgan fingerprint density at radius 2 is 1.78 bits per heavy atom. The molecule has 1 atom stereocenters. The van der Waals surface area contributed by atoms with Crippen LogP contribution in [0.4, 0.5) is 5.13 Å². The fourth-order valence-corrected chi connectivity index (χ4v) is 5.74. The number of Topliss-reactive ketones (excluding diaryl/α,β-unsaturated/α-hetero) is 1. The predicted molar refractivity (Wildman–Crippen MR) is 160 cm³/mol. The highest BCUT2D eigenvalue weighted by atomic mass is 35.5. The van der Waals surface area contributed by atoms with E-state index in [4.69, 9.17) is 25.8 Å². The number of aromatic nitrogens is 1. The lowest BCUT2D eigenvalue weighted by Gasteiger charge is -2.24. The van der Waals surface area contributed by atoms with Gasteiger partial charge < -0.3 is 19.3 Å². The third-order valence-electron chi connectivity index (χ3n) is 6.37. The molecule has 41 heavy (non-hydrogen) atoms. The Morgan fingerprint density at radius 1 is 1.02 bits per heavy atom. The zero-order valence-electron chi connectivity index (χ0n) is 22.4. The van der Waals surface area contributed by atoms with Crippen molar-refractivity contribution in [1.29, 1.82) is 0 Å². The highest BCUT2D eigenvalue weighted by Crippen LogP contribution is 2.46. The molecule has 1 aliphatic rings. The van der Waals surface area contributed by atoms with E-state index in [0.29, 0.717) is 57.3 Å². The van der Waals surface area contributed by atoms with Gasteiger partial charge in [-0.15, -0.1) is 0 Å². The Bertz CT molecular complexity index is 1660. The van der Waals surface area contributed by atoms with E-state index in [2.05, 4.69) is 11.6 Å². The molecule has 5 rings (SSSR count). The van der Waals surface area contributed by atoms with Crippen LogP contribution in [0.3, 0.4) is 0 Å². The van der Waals surface area contributed by atoms with E-state index in [9.17, 15) is 14.7 Å². The zero-order chi connectivity index (χ0) is 29.1. The first-order valence-corrected chi connectivity index (χ1v) is 14.2. The third-order valence-corrected chi connectivity index (χ3v) is 7.64. The number of anilines is 1. The highest BCUT2D eigenvalue weighted by Gasteiger charge is 2.48. The number of aliphatic hydroxyl groups is 1. The minimum atomic E-state index is -0.995. The number of nitrogens with zero attached hydrogens (tertiary/aromatic N) is 2. The Kier molecular flexibility index (Phi) is 8.28. The number of thiazole rings is 1. The second-order valence-corrected chi connectivity index (χ2v) is 10.4. The normalized spacial score (nSPS) is 16.3. The van der Waals surface area contributed by atoms with Crippen LogP contribution in [0, 0.1) is 0 Å². The number of ether oxygens (including phenoxy) is 3. The predicted octanol–water partition coefficient (Wildman–Crippen LogP) is 6.94. The van der Waals surface area contributed by atoms with Crippen molar-refractivity contribution < 1.29 is 28.9 Å². The van der Waals surface area contributed by atoms with E-state index in [0.717, 1.165) is 4.70 Å². The number of benzene rings is 3. The molecule has 8 nitrogen and oxygen atoms in total. The molecule has 4 aromatic rings. The number of ketones is 1. The average Bonchev–Trinajstić information content (AvgIpc) is 3.50. The Morgan fingerprint density at radius 3 is 2.49 bits per heavy atom. The smallest absolute Gasteiger partial charge is 0.301 e. The van der Waals surface area contributed by atoms with Crippen molar-refractivity contribution in [1.82, 2.24) is 4.98 Å². The van der Waals surface area contributed by atoms with Gasteiger partial charge in [0.25, 0.3) is 5.78 Å². The summed E-state index contributed by atoms with van der Waals surface area (Å²) in [6, 6.07) is 16.0. The number of carbonyl (C=O) groups excluding carboxylic acids is 2. The number of halogens is 1. The van der Waals surface area contributed by atoms with Gasteiger partial charge in [-0.05, 0) is 74.0 Å². The van der Waals surface area contributed by atoms with Crippen LogP contribution in [0.1, 0.15) is 31.0 Å². The number of amides is 1. The minimum absolute atomic E-state index is 0.0752. The molecule has 210 valence electrons. The zero-order valence-corrected chi connectivity index (χ0v) is 24.0. The van der Waals surface area contributed by atoms with E-state index in [1.54, 1.807) is 60.7 Å². The summed E-state index contributed by atoms with van der Waals surface area (Å²) < 4.78 is 18.0. The van der Waals surface area contributed by atoms with Gasteiger partial charge in [0.05, 0.1) is 35.0 Å². The van der Waals surface area contributed by atoms with E-state index in [-0.39, 0.29) is 17.9 Å². The van der Waals surface area contributed by atoms with E-state index in [1.165, 1.54) is 16.2 Å². The highest BCUT2D eigenvalue weighted by molar-refractivity contribution is 7.22. The van der Waals surface area contributed by atoms with Crippen LogP contribution in [0.2, 0.25) is 5.02 Å². The maximum Gasteiger partial charge on any atom is 0.301 e. The molecular weight excluding hydrogens is 564 g/mol. The van der Waals surface area contributed by atoms with Crippen LogP contribution in [0.25, 0.3) is 16.0 Å². The van der Waals surface area contributed by atoms with E-state index < -0.39 is 17.7 Å². The first-order valence-electron chi connectivity index (χ1n) is 13.0. The van der Waals surface area contributed by atoms with Crippen molar-refractivity contribution in [3.8, 4) is 17.2 Å². The molecule has 1 N–H and O–H groups in total. The summed E-state index contributed by atoms with van der Waals surface area (Å²) in [5.41, 5.74) is 1.45. The number of hydrogen-bond donors (Lipinski definition) is 1. The molecule has 0 spiro atoms. The lowest BCUT2D eigenvalue weighted by molar-refractivity contribution is -0.132. The van der Waals surface area contributed by atoms with Gasteiger partial charge in [0.1, 0.15) is 18.1 Å². The second kappa shape index (κ2) is 12.0. The standard InChI is InChI=1S/C31H27ClN2O6S/c1-4-15-40-23-14-9-19(16-24(23)39-6-3)27-26(28(35)18-7-10-20(32)11-8-18)29(36)30(37)34(27)31-33-22-13-12-21(38-5-2)17-25(22)41-31/h4,7-14,16-17,27,35H,1,5-6,15H2,2-3H3. The van der Waals surface area contributed by atoms with Crippen LogP contribution >= 0.6 is 22.9 Å². The molecule has 1 aromatic heterocycles. The molecule has 0 bridgehead atoms. The van der Waals surface area contributed by atoms with Gasteiger partial charge >= 0.3 is 5.91 Å². The van der Waals surface area contributed by atoms with Gasteiger partial charge in [-0.1, -0.05) is 41.7 Å². The van der Waals surface area contributed by atoms with Crippen molar-refractivity contribution in [3.05, 3.63) is 95.0 Å². The maximum atomic E-state index is 13.6. The van der Waals surface area contributed by atoms with Crippen LogP contribution in [-0.4, -0.2) is 41.6 Å². The molecule has 1 amide bonds. The lowest BCUT2D eigenvalue weighted by atomic mass is 9.95. The Balaban J connectivity index is 1.70. The van der Waals surface area contributed by atoms with Gasteiger partial charge in [0.2, 0.25) is 0 Å². The third kappa shape index (κ3) is 5.51. The summed E-state index contributed by atoms with van der Waals surface area (Å²) in [6.07, 6.45) is 1.62. The summed E-state index contributed by atoms with van der Waals surface area (Å²) in [5, 5.41) is 12.2. The molecule has 1 saturated heterocycles. The molecule has 3 aromatic carbocycles. The summed E-state index contributed by atoms with van der Waals surface area (Å²) in [4.78, 5) is 33.2. The second-order valence-electron chi connectivity index (χ2n) is 8.97. The van der Waals surface area contributed by atoms with Gasteiger partial charge in [-0.3, -0.25) is 14.5 Å². The van der Waals surface area contributed by atoms with Crippen LogP contribution in [0.15, 0.2) is 78.9 Å². The summed E-state index contributed by atoms with van der Waals surface area (Å²) in [6.45, 7) is 8.56. The lowest BCUT2D eigenvalue weighted by Crippen LogP contribution is -2.29. The Hall–Kier alpha value is -4.34. The van der Waals surface area contributed by atoms with Crippen molar-refractivity contribution in [3.63, 3.8) is 0 Å². The van der Waals surface area contributed by atoms with Crippen LogP contribution in [-0.2, 0) is 9.59 Å². The van der Waals surface area contributed by atoms with Gasteiger partial charge in [0.15, 0.2) is 16.6 Å². The van der Waals surface area contributed by atoms with Gasteiger partial charge in [0, 0.05) is 10.6 Å². The van der Waals surface area contributed by atoms with Crippen molar-refractivity contribution >= 4 is 55.7 Å². The quantitative estimate of drug-likeness (QED) is 0.0924. The Labute approximate surface area is 246 Å². The largest absolute Gasteiger partial charge is 0.507 e. The maximum absolute atomic E-state index is 13.6. The van der Waals surface area contributed by atoms with Gasteiger partial charge in [-0.25, -0.2) is 4.98 Å². The average molecular weight is 591 g/mol. The summed E-state index contributed by atoms with van der Waals surface area (Å²) in [7, 11) is 0. The fraction of sp³-hybridized carbons (Fsp3) is 0.194. The molecule has 0 saturated carbocycles. The van der Waals surface area contributed by atoms with Crippen molar-refractivity contribution in [2.45, 2.75) is 19.9 Å². The number of fused-ring (bicyclic) bond motifs is 1. The molecule has 1 unspecified atom stereocenters. The minimum Gasteiger partial charge on any atom is -0.507 e. The molecule has 0 aliphatic carbocycles. The molecule has 1 aliphatic heterocycles. The van der Waals surface area contributed by atoms with Crippen molar-refractivity contribution in [2.75, 3.05) is 24.7 Å². The number of carbonyl (C=O) groups is 2. The number of hydrogen-bond acceptors (Lipinski definition) is 8.